The Morgan fingerprint density at radius 3 is 2.67 bits per heavy atom. The highest BCUT2D eigenvalue weighted by Crippen LogP contribution is 2.25. The van der Waals surface area contributed by atoms with Crippen LogP contribution in [0.25, 0.3) is 11.4 Å². The van der Waals surface area contributed by atoms with Crippen molar-refractivity contribution in [2.75, 3.05) is 5.32 Å². The molecule has 4 rings (SSSR count). The number of hydrogen-bond acceptors (Lipinski definition) is 3. The third-order valence-corrected chi connectivity index (χ3v) is 5.81. The van der Waals surface area contributed by atoms with Crippen LogP contribution < -0.4 is 5.32 Å². The summed E-state index contributed by atoms with van der Waals surface area (Å²) in [6.45, 7) is 0.963. The van der Waals surface area contributed by atoms with E-state index < -0.39 is 0 Å². The molecule has 1 aliphatic heterocycles. The minimum atomic E-state index is -0.153. The fourth-order valence-corrected chi connectivity index (χ4v) is 4.39. The molecule has 1 N–H and O–H groups in total. The van der Waals surface area contributed by atoms with Gasteiger partial charge < -0.3 is 9.88 Å². The van der Waals surface area contributed by atoms with Gasteiger partial charge >= 0.3 is 0 Å². The average molecular weight is 493 g/mol. The number of nitrogens with one attached hydrogen (secondary N) is 1. The zero-order valence-corrected chi connectivity index (χ0v) is 17.5. The zero-order chi connectivity index (χ0) is 18.8. The first-order chi connectivity index (χ1) is 13.1. The summed E-state index contributed by atoms with van der Waals surface area (Å²) in [6.07, 6.45) is 4.55. The Balaban J connectivity index is 1.53. The Morgan fingerprint density at radius 1 is 1.07 bits per heavy atom. The fraction of sp³-hybridized carbons (Fsp3) is 0.250. The first-order valence-corrected chi connectivity index (χ1v) is 10.4. The molecule has 0 aliphatic carbocycles. The van der Waals surface area contributed by atoms with E-state index in [-0.39, 0.29) is 5.91 Å². The van der Waals surface area contributed by atoms with Gasteiger partial charge in [0.25, 0.3) is 5.91 Å². The second kappa shape index (κ2) is 7.98. The quantitative estimate of drug-likeness (QED) is 0.513. The molecule has 2 heterocycles. The van der Waals surface area contributed by atoms with Crippen molar-refractivity contribution >= 4 is 45.8 Å². The summed E-state index contributed by atoms with van der Waals surface area (Å²) in [4.78, 5) is 12.5. The Labute approximate surface area is 176 Å². The van der Waals surface area contributed by atoms with Gasteiger partial charge in [-0.15, -0.1) is 10.2 Å². The van der Waals surface area contributed by atoms with E-state index in [1.165, 1.54) is 12.8 Å². The van der Waals surface area contributed by atoms with E-state index in [0.717, 1.165) is 45.9 Å². The molecule has 3 aromatic rings. The second-order valence-electron chi connectivity index (χ2n) is 6.56. The normalized spacial score (nSPS) is 13.7. The number of aryl methyl sites for hydroxylation is 1. The number of aromatic nitrogens is 3. The van der Waals surface area contributed by atoms with E-state index in [1.54, 1.807) is 18.2 Å². The third kappa shape index (κ3) is 4.01. The average Bonchev–Trinajstić information content (AvgIpc) is 2.90. The van der Waals surface area contributed by atoms with Gasteiger partial charge in [-0.3, -0.25) is 4.79 Å². The lowest BCUT2D eigenvalue weighted by Gasteiger charge is -2.09. The molecule has 0 spiro atoms. The van der Waals surface area contributed by atoms with Gasteiger partial charge in [0.15, 0.2) is 5.82 Å². The molecular formula is C20H18ClIN4O. The van der Waals surface area contributed by atoms with E-state index in [0.29, 0.717) is 10.6 Å². The molecule has 0 saturated heterocycles. The maximum atomic E-state index is 12.5. The van der Waals surface area contributed by atoms with Gasteiger partial charge in [0.2, 0.25) is 0 Å². The van der Waals surface area contributed by atoms with Crippen LogP contribution >= 0.6 is 34.2 Å². The predicted molar refractivity (Wildman–Crippen MR) is 115 cm³/mol. The lowest BCUT2D eigenvalue weighted by Crippen LogP contribution is -2.13. The number of carbonyl (C=O) groups is 1. The second-order valence-corrected chi connectivity index (χ2v) is 8.16. The molecule has 1 amide bonds. The number of amides is 1. The molecule has 27 heavy (non-hydrogen) atoms. The van der Waals surface area contributed by atoms with Crippen LogP contribution in [-0.4, -0.2) is 20.7 Å². The molecule has 7 heteroatoms. The molecule has 0 fully saturated rings. The highest BCUT2D eigenvalue weighted by atomic mass is 127. The number of carbonyl (C=O) groups excluding carboxylic acids is 1. The van der Waals surface area contributed by atoms with Crippen LogP contribution in [-0.2, 0) is 13.0 Å². The van der Waals surface area contributed by atoms with Crippen molar-refractivity contribution in [3.05, 3.63) is 62.4 Å². The number of nitrogens with zero attached hydrogens (tertiary/aromatic N) is 3. The van der Waals surface area contributed by atoms with Crippen molar-refractivity contribution in [2.45, 2.75) is 32.2 Å². The van der Waals surface area contributed by atoms with E-state index in [4.69, 9.17) is 11.6 Å². The summed E-state index contributed by atoms with van der Waals surface area (Å²) in [5.41, 5.74) is 2.35. The van der Waals surface area contributed by atoms with Crippen LogP contribution in [0.1, 0.15) is 35.4 Å². The van der Waals surface area contributed by atoms with Crippen LogP contribution in [0.3, 0.4) is 0 Å². The maximum absolute atomic E-state index is 12.5. The third-order valence-electron chi connectivity index (χ3n) is 4.69. The van der Waals surface area contributed by atoms with Gasteiger partial charge in [-0.2, -0.15) is 0 Å². The van der Waals surface area contributed by atoms with Crippen LogP contribution in [0.4, 0.5) is 5.69 Å². The Bertz CT molecular complexity index is 984. The van der Waals surface area contributed by atoms with Crippen LogP contribution in [0.15, 0.2) is 42.5 Å². The number of fused-ring (bicyclic) bond motifs is 1. The first kappa shape index (κ1) is 18.4. The molecule has 1 aromatic heterocycles. The number of rotatable bonds is 3. The van der Waals surface area contributed by atoms with Gasteiger partial charge in [-0.05, 0) is 77.9 Å². The van der Waals surface area contributed by atoms with Crippen molar-refractivity contribution in [3.8, 4) is 11.4 Å². The number of halogens is 2. The molecule has 138 valence electrons. The summed E-state index contributed by atoms with van der Waals surface area (Å²) in [5, 5.41) is 12.3. The molecule has 0 saturated carbocycles. The lowest BCUT2D eigenvalue weighted by atomic mass is 10.1. The standard InChI is InChI=1S/C20H18ClIN4O/c21-14-7-10-16(17(22)12-14)20(27)23-15-8-5-13(6-9-15)19-25-24-18-4-2-1-3-11-26(18)19/h5-10,12H,1-4,11H2,(H,23,27). The minimum absolute atomic E-state index is 0.153. The summed E-state index contributed by atoms with van der Waals surface area (Å²) >= 11 is 8.08. The van der Waals surface area contributed by atoms with E-state index in [9.17, 15) is 4.79 Å². The topological polar surface area (TPSA) is 59.8 Å². The summed E-state index contributed by atoms with van der Waals surface area (Å²) in [6, 6.07) is 13.0. The highest BCUT2D eigenvalue weighted by molar-refractivity contribution is 14.1. The lowest BCUT2D eigenvalue weighted by molar-refractivity contribution is 0.102. The molecule has 2 aromatic carbocycles. The predicted octanol–water partition coefficient (Wildman–Crippen LogP) is 5.18. The number of benzene rings is 2. The van der Waals surface area contributed by atoms with E-state index >= 15 is 0 Å². The Kier molecular flexibility index (Phi) is 5.45. The SMILES string of the molecule is O=C(Nc1ccc(-c2nnc3n2CCCCC3)cc1)c1ccc(Cl)cc1I. The van der Waals surface area contributed by atoms with Gasteiger partial charge in [0.05, 0.1) is 5.56 Å². The van der Waals surface area contributed by atoms with Gasteiger partial charge in [-0.25, -0.2) is 0 Å². The van der Waals surface area contributed by atoms with Crippen LogP contribution in [0, 0.1) is 3.57 Å². The summed E-state index contributed by atoms with van der Waals surface area (Å²) < 4.78 is 3.04. The first-order valence-electron chi connectivity index (χ1n) is 8.91. The van der Waals surface area contributed by atoms with E-state index in [2.05, 4.69) is 42.7 Å². The van der Waals surface area contributed by atoms with Gasteiger partial charge in [0.1, 0.15) is 5.82 Å². The number of anilines is 1. The maximum Gasteiger partial charge on any atom is 0.256 e. The molecule has 5 nitrogen and oxygen atoms in total. The molecule has 0 unspecified atom stereocenters. The van der Waals surface area contributed by atoms with E-state index in [1.807, 2.05) is 24.3 Å². The largest absolute Gasteiger partial charge is 0.322 e. The molecule has 0 bridgehead atoms. The monoisotopic (exact) mass is 492 g/mol. The van der Waals surface area contributed by atoms with Crippen molar-refractivity contribution in [1.82, 2.24) is 14.8 Å². The number of hydrogen-bond donors (Lipinski definition) is 1. The van der Waals surface area contributed by atoms with Crippen LogP contribution in [0.5, 0.6) is 0 Å². The fourth-order valence-electron chi connectivity index (χ4n) is 3.27. The zero-order valence-electron chi connectivity index (χ0n) is 14.6. The van der Waals surface area contributed by atoms with Crippen molar-refractivity contribution in [3.63, 3.8) is 0 Å². The molecule has 0 radical (unpaired) electrons. The van der Waals surface area contributed by atoms with Crippen LogP contribution in [0.2, 0.25) is 5.02 Å². The van der Waals surface area contributed by atoms with Crippen molar-refractivity contribution in [1.29, 1.82) is 0 Å². The summed E-state index contributed by atoms with van der Waals surface area (Å²) in [5.74, 6) is 1.81. The molecule has 0 atom stereocenters. The minimum Gasteiger partial charge on any atom is -0.322 e. The smallest absolute Gasteiger partial charge is 0.256 e. The molecular weight excluding hydrogens is 475 g/mol. The Hall–Kier alpha value is -1.93. The highest BCUT2D eigenvalue weighted by Gasteiger charge is 2.16. The van der Waals surface area contributed by atoms with Gasteiger partial charge in [0, 0.05) is 32.8 Å². The van der Waals surface area contributed by atoms with Crippen molar-refractivity contribution in [2.24, 2.45) is 0 Å². The molecule has 1 aliphatic rings. The van der Waals surface area contributed by atoms with Gasteiger partial charge in [-0.1, -0.05) is 18.0 Å². The summed E-state index contributed by atoms with van der Waals surface area (Å²) in [7, 11) is 0. The Morgan fingerprint density at radius 2 is 1.89 bits per heavy atom. The van der Waals surface area contributed by atoms with Crippen molar-refractivity contribution < 1.29 is 4.79 Å².